The number of imide groups is 1. The van der Waals surface area contributed by atoms with Crippen LogP contribution >= 0.6 is 0 Å². The third-order valence-electron chi connectivity index (χ3n) is 6.75. The minimum Gasteiger partial charge on any atom is -0.497 e. The highest BCUT2D eigenvalue weighted by Crippen LogP contribution is 2.50. The molecule has 0 aromatic heterocycles. The second-order valence-corrected chi connectivity index (χ2v) is 9.64. The second kappa shape index (κ2) is 7.05. The number of benzene rings is 2. The molecule has 32 heavy (non-hydrogen) atoms. The molecule has 2 amide bonds. The highest BCUT2D eigenvalue weighted by molar-refractivity contribution is 6.25. The summed E-state index contributed by atoms with van der Waals surface area (Å²) in [5.74, 6) is -1.28. The Bertz CT molecular complexity index is 1150. The number of nitrogens with zero attached hydrogens (tertiary/aromatic N) is 2. The molecule has 3 aliphatic rings. The number of carbonyl (C=O) groups is 3. The molecule has 2 aromatic carbocycles. The van der Waals surface area contributed by atoms with Gasteiger partial charge in [0.15, 0.2) is 5.78 Å². The summed E-state index contributed by atoms with van der Waals surface area (Å²) in [7, 11) is 1.57. The van der Waals surface area contributed by atoms with E-state index >= 15 is 0 Å². The van der Waals surface area contributed by atoms with Gasteiger partial charge < -0.3 is 9.64 Å². The molecule has 3 aliphatic heterocycles. The van der Waals surface area contributed by atoms with Crippen molar-refractivity contribution in [1.29, 1.82) is 0 Å². The molecule has 0 aliphatic carbocycles. The van der Waals surface area contributed by atoms with Crippen molar-refractivity contribution in [1.82, 2.24) is 0 Å². The van der Waals surface area contributed by atoms with Gasteiger partial charge in [0.1, 0.15) is 11.8 Å². The number of methoxy groups -OCH3 is 1. The van der Waals surface area contributed by atoms with Crippen molar-refractivity contribution < 1.29 is 19.1 Å². The zero-order valence-corrected chi connectivity index (χ0v) is 18.6. The number of para-hydroxylation sites is 1. The van der Waals surface area contributed by atoms with Gasteiger partial charge in [-0.05, 0) is 35.9 Å². The first-order chi connectivity index (χ1) is 15.2. The quantitative estimate of drug-likeness (QED) is 0.695. The number of anilines is 2. The molecule has 164 valence electrons. The average Bonchev–Trinajstić information content (AvgIpc) is 3.25. The molecule has 0 bridgehead atoms. The molecule has 6 nitrogen and oxygen atoms in total. The maximum atomic E-state index is 13.7. The Morgan fingerprint density at radius 2 is 1.59 bits per heavy atom. The van der Waals surface area contributed by atoms with Gasteiger partial charge in [0.2, 0.25) is 11.8 Å². The molecule has 3 heterocycles. The van der Waals surface area contributed by atoms with Crippen LogP contribution in [0.3, 0.4) is 0 Å². The summed E-state index contributed by atoms with van der Waals surface area (Å²) in [4.78, 5) is 44.3. The van der Waals surface area contributed by atoms with Gasteiger partial charge in [-0.1, -0.05) is 51.1 Å². The summed E-state index contributed by atoms with van der Waals surface area (Å²) in [5, 5.41) is 0. The molecule has 0 saturated carbocycles. The van der Waals surface area contributed by atoms with E-state index in [1.807, 2.05) is 62.1 Å². The summed E-state index contributed by atoms with van der Waals surface area (Å²) in [6.07, 6.45) is 3.96. The van der Waals surface area contributed by atoms with Gasteiger partial charge in [-0.2, -0.15) is 0 Å². The smallest absolute Gasteiger partial charge is 0.240 e. The Morgan fingerprint density at radius 1 is 0.938 bits per heavy atom. The lowest BCUT2D eigenvalue weighted by atomic mass is 9.79. The summed E-state index contributed by atoms with van der Waals surface area (Å²) in [6.45, 7) is 5.60. The SMILES string of the molecule is COc1ccc(N2C(=O)[C@H]3[C@H](C2=O)[C@@H](C(=O)C(C)(C)C)N2c4ccccc4C=C[C@H]32)cc1. The Hall–Kier alpha value is -3.41. The fourth-order valence-electron chi connectivity index (χ4n) is 5.24. The number of fused-ring (bicyclic) bond motifs is 5. The number of hydrogen-bond acceptors (Lipinski definition) is 5. The zero-order valence-electron chi connectivity index (χ0n) is 18.6. The topological polar surface area (TPSA) is 66.9 Å². The van der Waals surface area contributed by atoms with Crippen LogP contribution in [-0.2, 0) is 14.4 Å². The van der Waals surface area contributed by atoms with Gasteiger partial charge in [0.25, 0.3) is 0 Å². The number of rotatable bonds is 3. The molecule has 2 saturated heterocycles. The van der Waals surface area contributed by atoms with E-state index in [2.05, 4.69) is 0 Å². The first-order valence-electron chi connectivity index (χ1n) is 10.9. The standard InChI is InChI=1S/C26H26N2O4/c1-26(2,3)23(29)22-21-20(19-14-9-15-7-5-6-8-18(15)28(19)22)24(30)27(25(21)31)16-10-12-17(32-4)13-11-16/h5-14,19-22H,1-4H3/t19-,20-,21+,22+/m1/s1. The maximum Gasteiger partial charge on any atom is 0.240 e. The number of ketones is 1. The first kappa shape index (κ1) is 20.5. The average molecular weight is 431 g/mol. The molecule has 0 radical (unpaired) electrons. The maximum absolute atomic E-state index is 13.7. The monoisotopic (exact) mass is 430 g/mol. The fourth-order valence-corrected chi connectivity index (χ4v) is 5.24. The van der Waals surface area contributed by atoms with Crippen LogP contribution in [0.15, 0.2) is 54.6 Å². The van der Waals surface area contributed by atoms with Gasteiger partial charge in [-0.25, -0.2) is 4.90 Å². The normalized spacial score (nSPS) is 26.1. The minimum absolute atomic E-state index is 0.0298. The third-order valence-corrected chi connectivity index (χ3v) is 6.75. The van der Waals surface area contributed by atoms with E-state index in [1.165, 1.54) is 4.90 Å². The predicted octanol–water partition coefficient (Wildman–Crippen LogP) is 3.70. The Labute approximate surface area is 187 Å². The van der Waals surface area contributed by atoms with Crippen molar-refractivity contribution >= 4 is 35.0 Å². The summed E-state index contributed by atoms with van der Waals surface area (Å²) in [6, 6.07) is 13.7. The molecule has 0 spiro atoms. The lowest BCUT2D eigenvalue weighted by Crippen LogP contribution is -2.51. The largest absolute Gasteiger partial charge is 0.497 e. The van der Waals surface area contributed by atoms with E-state index in [0.717, 1.165) is 11.3 Å². The van der Waals surface area contributed by atoms with E-state index in [1.54, 1.807) is 31.4 Å². The van der Waals surface area contributed by atoms with Gasteiger partial charge >= 0.3 is 0 Å². The van der Waals surface area contributed by atoms with Crippen molar-refractivity contribution in [2.45, 2.75) is 32.9 Å². The number of carbonyl (C=O) groups excluding carboxylic acids is 3. The first-order valence-corrected chi connectivity index (χ1v) is 10.9. The third kappa shape index (κ3) is 2.82. The Kier molecular flexibility index (Phi) is 4.52. The van der Waals surface area contributed by atoms with Gasteiger partial charge in [0.05, 0.1) is 30.7 Å². The molecule has 2 fully saturated rings. The number of amides is 2. The number of hydrogen-bond donors (Lipinski definition) is 0. The van der Waals surface area contributed by atoms with E-state index < -0.39 is 23.3 Å². The van der Waals surface area contributed by atoms with Gasteiger partial charge in [-0.15, -0.1) is 0 Å². The van der Waals surface area contributed by atoms with Gasteiger partial charge in [0, 0.05) is 11.1 Å². The van der Waals surface area contributed by atoms with Crippen LogP contribution in [0.1, 0.15) is 26.3 Å². The van der Waals surface area contributed by atoms with E-state index in [9.17, 15) is 14.4 Å². The van der Waals surface area contributed by atoms with E-state index in [4.69, 9.17) is 4.74 Å². The lowest BCUT2D eigenvalue weighted by molar-refractivity contribution is -0.132. The predicted molar refractivity (Wildman–Crippen MR) is 122 cm³/mol. The molecule has 6 heteroatoms. The summed E-state index contributed by atoms with van der Waals surface area (Å²) >= 11 is 0. The summed E-state index contributed by atoms with van der Waals surface area (Å²) in [5.41, 5.74) is 1.73. The van der Waals surface area contributed by atoms with Crippen molar-refractivity contribution in [2.24, 2.45) is 17.3 Å². The molecular weight excluding hydrogens is 404 g/mol. The highest BCUT2D eigenvalue weighted by atomic mass is 16.5. The lowest BCUT2D eigenvalue weighted by Gasteiger charge is -2.38. The van der Waals surface area contributed by atoms with Crippen LogP contribution < -0.4 is 14.5 Å². The van der Waals surface area contributed by atoms with Crippen LogP contribution in [0.4, 0.5) is 11.4 Å². The molecule has 0 unspecified atom stereocenters. The van der Waals surface area contributed by atoms with Crippen LogP contribution in [0.2, 0.25) is 0 Å². The second-order valence-electron chi connectivity index (χ2n) is 9.64. The van der Waals surface area contributed by atoms with Crippen LogP contribution in [0, 0.1) is 17.3 Å². The van der Waals surface area contributed by atoms with Crippen molar-refractivity contribution in [3.8, 4) is 5.75 Å². The van der Waals surface area contributed by atoms with E-state index in [0.29, 0.717) is 11.4 Å². The van der Waals surface area contributed by atoms with Crippen molar-refractivity contribution in [3.05, 3.63) is 60.2 Å². The molecule has 0 N–H and O–H groups in total. The fraction of sp³-hybridized carbons (Fsp3) is 0.346. The minimum atomic E-state index is -0.725. The number of Topliss-reactive ketones (excluding diaryl/α,β-unsaturated/α-hetero) is 1. The highest BCUT2D eigenvalue weighted by Gasteiger charge is 2.64. The Balaban J connectivity index is 1.62. The van der Waals surface area contributed by atoms with Crippen LogP contribution in [-0.4, -0.2) is 36.8 Å². The zero-order chi connectivity index (χ0) is 22.8. The molecule has 5 rings (SSSR count). The van der Waals surface area contributed by atoms with Crippen LogP contribution in [0.25, 0.3) is 6.08 Å². The van der Waals surface area contributed by atoms with Crippen molar-refractivity contribution in [2.75, 3.05) is 16.9 Å². The van der Waals surface area contributed by atoms with Crippen molar-refractivity contribution in [3.63, 3.8) is 0 Å². The molecule has 4 atom stereocenters. The van der Waals surface area contributed by atoms with Crippen LogP contribution in [0.5, 0.6) is 5.75 Å². The molecule has 2 aromatic rings. The van der Waals surface area contributed by atoms with Gasteiger partial charge in [-0.3, -0.25) is 14.4 Å². The Morgan fingerprint density at radius 3 is 2.25 bits per heavy atom. The summed E-state index contributed by atoms with van der Waals surface area (Å²) < 4.78 is 5.20. The molecular formula is C26H26N2O4. The number of ether oxygens (including phenoxy) is 1. The van der Waals surface area contributed by atoms with E-state index in [-0.39, 0.29) is 23.6 Å².